The van der Waals surface area contributed by atoms with E-state index in [9.17, 15) is 4.79 Å². The van der Waals surface area contributed by atoms with E-state index in [0.29, 0.717) is 11.4 Å². The minimum absolute atomic E-state index is 0.0586. The Kier molecular flexibility index (Phi) is 5.68. The summed E-state index contributed by atoms with van der Waals surface area (Å²) in [6.07, 6.45) is 5.23. The molecule has 112 valence electrons. The number of nitrogens with zero attached hydrogens (tertiary/aromatic N) is 2. The first-order chi connectivity index (χ1) is 10.3. The molecule has 2 aromatic heterocycles. The lowest BCUT2D eigenvalue weighted by molar-refractivity contribution is 0.0936. The number of hydrogen-bond acceptors (Lipinski definition) is 5. The number of anilines is 1. The van der Waals surface area contributed by atoms with Crippen LogP contribution >= 0.6 is 11.3 Å². The molecule has 1 atom stereocenters. The van der Waals surface area contributed by atoms with Crippen LogP contribution in [0.15, 0.2) is 29.9 Å². The Labute approximate surface area is 128 Å². The number of rotatable bonds is 7. The minimum atomic E-state index is -0.122. The van der Waals surface area contributed by atoms with Crippen LogP contribution in [0, 0.1) is 0 Å². The first-order valence-electron chi connectivity index (χ1n) is 7.15. The van der Waals surface area contributed by atoms with E-state index in [-0.39, 0.29) is 11.9 Å². The summed E-state index contributed by atoms with van der Waals surface area (Å²) in [6, 6.07) is 3.50. The maximum atomic E-state index is 12.5. The first-order valence-corrected chi connectivity index (χ1v) is 8.03. The van der Waals surface area contributed by atoms with Crippen molar-refractivity contribution in [1.29, 1.82) is 0 Å². The van der Waals surface area contributed by atoms with Gasteiger partial charge in [-0.3, -0.25) is 4.79 Å². The van der Waals surface area contributed by atoms with Crippen molar-refractivity contribution >= 4 is 23.1 Å². The van der Waals surface area contributed by atoms with E-state index in [1.165, 1.54) is 0 Å². The van der Waals surface area contributed by atoms with Crippen LogP contribution in [-0.4, -0.2) is 22.4 Å². The largest absolute Gasteiger partial charge is 0.369 e. The van der Waals surface area contributed by atoms with Gasteiger partial charge in [-0.1, -0.05) is 13.8 Å². The van der Waals surface area contributed by atoms with Gasteiger partial charge in [-0.2, -0.15) is 0 Å². The Morgan fingerprint density at radius 1 is 1.33 bits per heavy atom. The van der Waals surface area contributed by atoms with Crippen LogP contribution in [0.25, 0.3) is 0 Å². The average Bonchev–Trinajstić information content (AvgIpc) is 3.04. The van der Waals surface area contributed by atoms with E-state index in [2.05, 4.69) is 27.5 Å². The molecule has 1 amide bonds. The number of amides is 1. The number of pyridine rings is 1. The predicted molar refractivity (Wildman–Crippen MR) is 85.6 cm³/mol. The van der Waals surface area contributed by atoms with Crippen molar-refractivity contribution in [3.8, 4) is 0 Å². The van der Waals surface area contributed by atoms with Gasteiger partial charge in [0.25, 0.3) is 5.91 Å². The molecule has 0 saturated heterocycles. The molecule has 0 bridgehead atoms. The molecule has 0 saturated carbocycles. The fraction of sp³-hybridized carbons (Fsp3) is 0.400. The molecule has 0 aliphatic carbocycles. The summed E-state index contributed by atoms with van der Waals surface area (Å²) >= 11 is 1.55. The summed E-state index contributed by atoms with van der Waals surface area (Å²) in [7, 11) is 0. The molecule has 21 heavy (non-hydrogen) atoms. The Balaban J connectivity index is 2.12. The van der Waals surface area contributed by atoms with E-state index in [1.807, 2.05) is 12.3 Å². The molecule has 2 aromatic rings. The van der Waals surface area contributed by atoms with Gasteiger partial charge in [0.2, 0.25) is 0 Å². The number of nitrogens with one attached hydrogen (secondary N) is 2. The first kappa shape index (κ1) is 15.4. The molecule has 2 heterocycles. The van der Waals surface area contributed by atoms with Crippen molar-refractivity contribution in [2.75, 3.05) is 11.9 Å². The van der Waals surface area contributed by atoms with Gasteiger partial charge in [0, 0.05) is 24.3 Å². The molecule has 6 heteroatoms. The molecule has 0 aliphatic rings. The van der Waals surface area contributed by atoms with Crippen LogP contribution in [0.3, 0.4) is 0 Å². The monoisotopic (exact) mass is 304 g/mol. The zero-order chi connectivity index (χ0) is 15.1. The summed E-state index contributed by atoms with van der Waals surface area (Å²) in [6.45, 7) is 4.90. The fourth-order valence-electron chi connectivity index (χ4n) is 1.95. The lowest BCUT2D eigenvalue weighted by Gasteiger charge is -2.16. The van der Waals surface area contributed by atoms with E-state index >= 15 is 0 Å². The smallest absolute Gasteiger partial charge is 0.255 e. The number of carbonyl (C=O) groups is 1. The maximum absolute atomic E-state index is 12.5. The van der Waals surface area contributed by atoms with E-state index in [1.54, 1.807) is 35.9 Å². The molecule has 2 rings (SSSR count). The van der Waals surface area contributed by atoms with Crippen molar-refractivity contribution in [2.45, 2.75) is 32.7 Å². The van der Waals surface area contributed by atoms with Crippen molar-refractivity contribution in [2.24, 2.45) is 0 Å². The topological polar surface area (TPSA) is 66.9 Å². The van der Waals surface area contributed by atoms with Crippen molar-refractivity contribution in [1.82, 2.24) is 15.3 Å². The molecular weight excluding hydrogens is 284 g/mol. The van der Waals surface area contributed by atoms with Crippen LogP contribution in [0.2, 0.25) is 0 Å². The van der Waals surface area contributed by atoms with E-state index < -0.39 is 0 Å². The highest BCUT2D eigenvalue weighted by atomic mass is 32.1. The highest BCUT2D eigenvalue weighted by Gasteiger charge is 2.18. The van der Waals surface area contributed by atoms with Gasteiger partial charge in [-0.15, -0.1) is 11.3 Å². The molecule has 0 fully saturated rings. The fourth-order valence-corrected chi connectivity index (χ4v) is 2.73. The Hall–Kier alpha value is -1.95. The second-order valence-corrected chi connectivity index (χ2v) is 5.56. The second kappa shape index (κ2) is 7.73. The van der Waals surface area contributed by atoms with Crippen molar-refractivity contribution < 1.29 is 4.79 Å². The average molecular weight is 304 g/mol. The van der Waals surface area contributed by atoms with E-state index in [0.717, 1.165) is 24.4 Å². The Morgan fingerprint density at radius 2 is 2.19 bits per heavy atom. The zero-order valence-electron chi connectivity index (χ0n) is 12.3. The predicted octanol–water partition coefficient (Wildman–Crippen LogP) is 3.24. The van der Waals surface area contributed by atoms with Crippen molar-refractivity contribution in [3.63, 3.8) is 0 Å². The number of thiazole rings is 1. The third-order valence-corrected chi connectivity index (χ3v) is 3.95. The highest BCUT2D eigenvalue weighted by Crippen LogP contribution is 2.20. The normalized spacial score (nSPS) is 11.9. The summed E-state index contributed by atoms with van der Waals surface area (Å²) in [5, 5.41) is 9.06. The van der Waals surface area contributed by atoms with Crippen LogP contribution in [0.1, 0.15) is 48.1 Å². The molecule has 0 radical (unpaired) electrons. The Bertz CT molecular complexity index is 571. The van der Waals surface area contributed by atoms with Crippen LogP contribution in [-0.2, 0) is 0 Å². The van der Waals surface area contributed by atoms with Gasteiger partial charge in [-0.05, 0) is 25.0 Å². The number of aromatic nitrogens is 2. The van der Waals surface area contributed by atoms with Gasteiger partial charge < -0.3 is 10.6 Å². The summed E-state index contributed by atoms with van der Waals surface area (Å²) < 4.78 is 0. The number of hydrogen-bond donors (Lipinski definition) is 2. The van der Waals surface area contributed by atoms with Crippen LogP contribution < -0.4 is 10.6 Å². The molecular formula is C15H20N4OS. The van der Waals surface area contributed by atoms with Gasteiger partial charge in [0.1, 0.15) is 10.8 Å². The van der Waals surface area contributed by atoms with Crippen LogP contribution in [0.4, 0.5) is 5.82 Å². The lowest BCUT2D eigenvalue weighted by atomic mass is 10.2. The van der Waals surface area contributed by atoms with Gasteiger partial charge in [0.15, 0.2) is 0 Å². The third kappa shape index (κ3) is 4.01. The molecule has 0 spiro atoms. The van der Waals surface area contributed by atoms with Gasteiger partial charge in [-0.25, -0.2) is 9.97 Å². The van der Waals surface area contributed by atoms with Crippen LogP contribution in [0.5, 0.6) is 0 Å². The molecule has 0 aromatic carbocycles. The SMILES string of the molecule is CCCNc1ncccc1C(=O)NC(CC)c1nccs1. The molecule has 0 aliphatic heterocycles. The molecule has 1 unspecified atom stereocenters. The summed E-state index contributed by atoms with van der Waals surface area (Å²) in [5.74, 6) is 0.509. The standard InChI is InChI=1S/C15H20N4OS/c1-3-7-16-13-11(6-5-8-17-13)14(20)19-12(4-2)15-18-9-10-21-15/h5-6,8-10,12H,3-4,7H2,1-2H3,(H,16,17)(H,19,20). The second-order valence-electron chi connectivity index (χ2n) is 4.63. The van der Waals surface area contributed by atoms with Crippen molar-refractivity contribution in [3.05, 3.63) is 40.5 Å². The summed E-state index contributed by atoms with van der Waals surface area (Å²) in [5.41, 5.74) is 0.570. The highest BCUT2D eigenvalue weighted by molar-refractivity contribution is 7.09. The number of carbonyl (C=O) groups excluding carboxylic acids is 1. The Morgan fingerprint density at radius 3 is 2.86 bits per heavy atom. The zero-order valence-corrected chi connectivity index (χ0v) is 13.1. The quantitative estimate of drug-likeness (QED) is 0.824. The lowest BCUT2D eigenvalue weighted by Crippen LogP contribution is -2.29. The van der Waals surface area contributed by atoms with Gasteiger partial charge >= 0.3 is 0 Å². The third-order valence-electron chi connectivity index (χ3n) is 3.06. The minimum Gasteiger partial charge on any atom is -0.369 e. The molecule has 5 nitrogen and oxygen atoms in total. The molecule has 2 N–H and O–H groups in total. The maximum Gasteiger partial charge on any atom is 0.255 e. The van der Waals surface area contributed by atoms with Gasteiger partial charge in [0.05, 0.1) is 11.6 Å². The summed E-state index contributed by atoms with van der Waals surface area (Å²) in [4.78, 5) is 21.0. The van der Waals surface area contributed by atoms with E-state index in [4.69, 9.17) is 0 Å².